The molecule has 1 N–H and O–H groups in total. The zero-order valence-electron chi connectivity index (χ0n) is 24.3. The van der Waals surface area contributed by atoms with Crippen molar-refractivity contribution in [1.82, 2.24) is 5.32 Å². The highest BCUT2D eigenvalue weighted by Gasteiger charge is 2.23. The lowest BCUT2D eigenvalue weighted by Crippen LogP contribution is -2.43. The van der Waals surface area contributed by atoms with Crippen molar-refractivity contribution in [2.45, 2.75) is 25.7 Å². The molecule has 1 atom stereocenters. The minimum absolute atomic E-state index is 0.259. The maximum atomic E-state index is 13.2. The molecule has 0 aliphatic heterocycles. The first-order valence-electron chi connectivity index (χ1n) is 14.2. The van der Waals surface area contributed by atoms with E-state index in [1.807, 2.05) is 109 Å². The second-order valence-electron chi connectivity index (χ2n) is 10.1. The molecule has 0 spiro atoms. The van der Waals surface area contributed by atoms with Crippen LogP contribution in [0.4, 0.5) is 0 Å². The van der Waals surface area contributed by atoms with Gasteiger partial charge in [-0.25, -0.2) is 4.79 Å². The molecule has 5 aromatic rings. The number of hydrogen-bond donors (Lipinski definition) is 1. The molecule has 0 aliphatic rings. The average molecular weight is 588 g/mol. The maximum absolute atomic E-state index is 13.2. The van der Waals surface area contributed by atoms with Crippen LogP contribution in [0.15, 0.2) is 133 Å². The Hall–Kier alpha value is -5.56. The van der Waals surface area contributed by atoms with Gasteiger partial charge in [-0.2, -0.15) is 0 Å². The number of para-hydroxylation sites is 1. The third-order valence-corrected chi connectivity index (χ3v) is 6.78. The van der Waals surface area contributed by atoms with Gasteiger partial charge in [0.05, 0.1) is 7.11 Å². The summed E-state index contributed by atoms with van der Waals surface area (Å²) in [4.78, 5) is 25.8. The number of methoxy groups -OCH3 is 1. The smallest absolute Gasteiger partial charge is 0.328 e. The SMILES string of the molecule is COC(=O)C(Cc1ccc(OCc2ccccc2)cc1)NC(=O)c1cccc(OCc2cccc(Oc3ccccc3)c2)c1. The van der Waals surface area contributed by atoms with Crippen LogP contribution in [0.2, 0.25) is 0 Å². The molecule has 222 valence electrons. The molecule has 0 radical (unpaired) electrons. The first-order valence-corrected chi connectivity index (χ1v) is 14.2. The number of ether oxygens (including phenoxy) is 4. The molecule has 0 saturated carbocycles. The van der Waals surface area contributed by atoms with E-state index in [-0.39, 0.29) is 13.0 Å². The van der Waals surface area contributed by atoms with Crippen molar-refractivity contribution in [3.05, 3.63) is 156 Å². The van der Waals surface area contributed by atoms with E-state index in [0.717, 1.165) is 22.4 Å². The van der Waals surface area contributed by atoms with Gasteiger partial charge in [0, 0.05) is 12.0 Å². The number of benzene rings is 5. The largest absolute Gasteiger partial charge is 0.489 e. The predicted octanol–water partition coefficient (Wildman–Crippen LogP) is 7.15. The number of carbonyl (C=O) groups excluding carboxylic acids is 2. The summed E-state index contributed by atoms with van der Waals surface area (Å²) >= 11 is 0. The summed E-state index contributed by atoms with van der Waals surface area (Å²) in [6.45, 7) is 0.742. The van der Waals surface area contributed by atoms with E-state index >= 15 is 0 Å². The molecule has 7 heteroatoms. The molecule has 0 heterocycles. The van der Waals surface area contributed by atoms with Gasteiger partial charge in [0.25, 0.3) is 5.91 Å². The molecule has 0 fully saturated rings. The molecular formula is C37H33NO6. The quantitative estimate of drug-likeness (QED) is 0.147. The number of carbonyl (C=O) groups is 2. The van der Waals surface area contributed by atoms with Gasteiger partial charge >= 0.3 is 5.97 Å². The summed E-state index contributed by atoms with van der Waals surface area (Å²) in [5.41, 5.74) is 3.20. The Morgan fingerprint density at radius 1 is 0.591 bits per heavy atom. The van der Waals surface area contributed by atoms with Crippen molar-refractivity contribution in [2.24, 2.45) is 0 Å². The lowest BCUT2D eigenvalue weighted by Gasteiger charge is -2.17. The predicted molar refractivity (Wildman–Crippen MR) is 168 cm³/mol. The molecule has 0 aliphatic carbocycles. The highest BCUT2D eigenvalue weighted by Crippen LogP contribution is 2.23. The van der Waals surface area contributed by atoms with E-state index in [1.54, 1.807) is 24.3 Å². The Balaban J connectivity index is 1.17. The highest BCUT2D eigenvalue weighted by atomic mass is 16.5. The Morgan fingerprint density at radius 2 is 1.20 bits per heavy atom. The van der Waals surface area contributed by atoms with Gasteiger partial charge in [-0.15, -0.1) is 0 Å². The van der Waals surface area contributed by atoms with Gasteiger partial charge in [0.1, 0.15) is 42.3 Å². The summed E-state index contributed by atoms with van der Waals surface area (Å²) in [5.74, 6) is 1.74. The fourth-order valence-corrected chi connectivity index (χ4v) is 4.49. The number of nitrogens with one attached hydrogen (secondary N) is 1. The third-order valence-electron chi connectivity index (χ3n) is 6.78. The number of amides is 1. The standard InChI is InChI=1S/C37H33NO6/c1-41-37(40)35(23-27-18-20-31(21-19-27)42-25-28-10-4-2-5-11-28)38-36(39)30-13-9-16-33(24-30)43-26-29-12-8-17-34(22-29)44-32-14-6-3-7-15-32/h2-22,24,35H,23,25-26H2,1H3,(H,38,39). The summed E-state index contributed by atoms with van der Waals surface area (Å²) in [6, 6.07) is 40.5. The zero-order chi connectivity index (χ0) is 30.6. The summed E-state index contributed by atoms with van der Waals surface area (Å²) in [5, 5.41) is 2.81. The third kappa shape index (κ3) is 8.72. The molecular weight excluding hydrogens is 554 g/mol. The first-order chi connectivity index (χ1) is 21.6. The average Bonchev–Trinajstić information content (AvgIpc) is 3.07. The second-order valence-corrected chi connectivity index (χ2v) is 10.1. The minimum atomic E-state index is -0.875. The van der Waals surface area contributed by atoms with Crippen molar-refractivity contribution < 1.29 is 28.5 Å². The van der Waals surface area contributed by atoms with E-state index in [1.165, 1.54) is 7.11 Å². The number of rotatable bonds is 13. The van der Waals surface area contributed by atoms with Crippen LogP contribution in [0, 0.1) is 0 Å². The minimum Gasteiger partial charge on any atom is -0.489 e. The Morgan fingerprint density at radius 3 is 1.95 bits per heavy atom. The maximum Gasteiger partial charge on any atom is 0.328 e. The lowest BCUT2D eigenvalue weighted by molar-refractivity contribution is -0.142. The zero-order valence-corrected chi connectivity index (χ0v) is 24.3. The first kappa shape index (κ1) is 29.9. The summed E-state index contributed by atoms with van der Waals surface area (Å²) in [6.07, 6.45) is 0.259. The van der Waals surface area contributed by atoms with Crippen LogP contribution >= 0.6 is 0 Å². The summed E-state index contributed by atoms with van der Waals surface area (Å²) < 4.78 is 22.7. The van der Waals surface area contributed by atoms with E-state index < -0.39 is 17.9 Å². The Labute approximate surface area is 257 Å². The molecule has 5 rings (SSSR count). The topological polar surface area (TPSA) is 83.1 Å². The molecule has 5 aromatic carbocycles. The van der Waals surface area contributed by atoms with Crippen LogP contribution < -0.4 is 19.5 Å². The molecule has 0 aromatic heterocycles. The van der Waals surface area contributed by atoms with Gasteiger partial charge in [0.2, 0.25) is 0 Å². The van der Waals surface area contributed by atoms with Gasteiger partial charge in [0.15, 0.2) is 0 Å². The molecule has 7 nitrogen and oxygen atoms in total. The van der Waals surface area contributed by atoms with Crippen molar-refractivity contribution in [3.63, 3.8) is 0 Å². The van der Waals surface area contributed by atoms with Crippen LogP contribution in [0.1, 0.15) is 27.0 Å². The van der Waals surface area contributed by atoms with Crippen molar-refractivity contribution >= 4 is 11.9 Å². The number of esters is 1. The monoisotopic (exact) mass is 587 g/mol. The van der Waals surface area contributed by atoms with Crippen molar-refractivity contribution in [1.29, 1.82) is 0 Å². The number of hydrogen-bond acceptors (Lipinski definition) is 6. The second kappa shape index (κ2) is 15.1. The van der Waals surface area contributed by atoms with Gasteiger partial charge < -0.3 is 24.3 Å². The Bertz CT molecular complexity index is 1660. The van der Waals surface area contributed by atoms with E-state index in [9.17, 15) is 9.59 Å². The van der Waals surface area contributed by atoms with Crippen LogP contribution in [0.3, 0.4) is 0 Å². The van der Waals surface area contributed by atoms with Gasteiger partial charge in [-0.1, -0.05) is 78.9 Å². The fraction of sp³-hybridized carbons (Fsp3) is 0.135. The van der Waals surface area contributed by atoms with Crippen LogP contribution in [0.25, 0.3) is 0 Å². The van der Waals surface area contributed by atoms with E-state index in [0.29, 0.717) is 29.4 Å². The normalized spacial score (nSPS) is 11.2. The fourth-order valence-electron chi connectivity index (χ4n) is 4.49. The molecule has 44 heavy (non-hydrogen) atoms. The van der Waals surface area contributed by atoms with E-state index in [2.05, 4.69) is 5.32 Å². The van der Waals surface area contributed by atoms with Crippen molar-refractivity contribution in [2.75, 3.05) is 7.11 Å². The van der Waals surface area contributed by atoms with Gasteiger partial charge in [-0.3, -0.25) is 4.79 Å². The van der Waals surface area contributed by atoms with Gasteiger partial charge in [-0.05, 0) is 71.3 Å². The van der Waals surface area contributed by atoms with Crippen molar-refractivity contribution in [3.8, 4) is 23.0 Å². The lowest BCUT2D eigenvalue weighted by atomic mass is 10.0. The van der Waals surface area contributed by atoms with Crippen LogP contribution in [-0.4, -0.2) is 25.0 Å². The summed E-state index contributed by atoms with van der Waals surface area (Å²) in [7, 11) is 1.30. The molecule has 0 saturated heterocycles. The highest BCUT2D eigenvalue weighted by molar-refractivity contribution is 5.97. The van der Waals surface area contributed by atoms with E-state index in [4.69, 9.17) is 18.9 Å². The molecule has 1 unspecified atom stereocenters. The molecule has 0 bridgehead atoms. The van der Waals surface area contributed by atoms with Crippen LogP contribution in [-0.2, 0) is 29.2 Å². The molecule has 1 amide bonds. The van der Waals surface area contributed by atoms with Crippen LogP contribution in [0.5, 0.6) is 23.0 Å². The Kier molecular flexibility index (Phi) is 10.2.